The summed E-state index contributed by atoms with van der Waals surface area (Å²) in [4.78, 5) is 5.42. The zero-order valence-electron chi connectivity index (χ0n) is 34.8. The highest BCUT2D eigenvalue weighted by atomic mass is 15.1. The Morgan fingerprint density at radius 3 is 1.63 bits per heavy atom. The molecule has 2 aliphatic heterocycles. The summed E-state index contributed by atoms with van der Waals surface area (Å²) in [6.45, 7) is 19.1. The monoisotopic (exact) mass is 765 g/mol. The van der Waals surface area contributed by atoms with Crippen molar-refractivity contribution in [3.8, 4) is 0 Å². The number of benzene rings is 4. The molecular weight excluding hydrogens is 697 g/mol. The lowest BCUT2D eigenvalue weighted by Crippen LogP contribution is -2.37. The molecule has 6 heteroatoms. The van der Waals surface area contributed by atoms with Gasteiger partial charge in [0, 0.05) is 45.2 Å². The number of aryl methyl sites for hydroxylation is 1. The lowest BCUT2D eigenvalue weighted by atomic mass is 9.72. The maximum Gasteiger partial charge on any atom is 0.0305 e. The molecule has 3 atom stereocenters. The lowest BCUT2D eigenvalue weighted by Gasteiger charge is -2.36. The van der Waals surface area contributed by atoms with Crippen LogP contribution in [0.5, 0.6) is 0 Å². The fraction of sp³-hybridized carbons (Fsp3) is 0.451. The maximum atomic E-state index is 3.72. The highest BCUT2D eigenvalue weighted by molar-refractivity contribution is 5.46. The molecule has 3 unspecified atom stereocenters. The van der Waals surface area contributed by atoms with Gasteiger partial charge < -0.3 is 26.2 Å². The second kappa shape index (κ2) is 21.8. The van der Waals surface area contributed by atoms with E-state index in [0.29, 0.717) is 11.8 Å². The molecule has 0 spiro atoms. The highest BCUT2D eigenvalue weighted by Gasteiger charge is 2.30. The summed E-state index contributed by atoms with van der Waals surface area (Å²) in [5, 5.41) is 14.8. The first-order valence-electron chi connectivity index (χ1n) is 22.0. The van der Waals surface area contributed by atoms with E-state index in [-0.39, 0.29) is 5.92 Å². The molecule has 302 valence electrons. The van der Waals surface area contributed by atoms with E-state index in [0.717, 1.165) is 117 Å². The fourth-order valence-electron chi connectivity index (χ4n) is 9.12. The molecule has 57 heavy (non-hydrogen) atoms. The number of hydrogen-bond donors (Lipinski definition) is 4. The van der Waals surface area contributed by atoms with Crippen LogP contribution in [0.3, 0.4) is 0 Å². The minimum atomic E-state index is 0.224. The van der Waals surface area contributed by atoms with Crippen LogP contribution in [0.2, 0.25) is 0 Å². The van der Waals surface area contributed by atoms with Crippen molar-refractivity contribution in [2.24, 2.45) is 11.8 Å². The molecule has 0 aromatic heterocycles. The molecule has 3 aliphatic rings. The van der Waals surface area contributed by atoms with Crippen LogP contribution >= 0.6 is 0 Å². The summed E-state index contributed by atoms with van der Waals surface area (Å²) in [6.07, 6.45) is 11.9. The molecular formula is C51H68N6. The normalized spacial score (nSPS) is 21.8. The van der Waals surface area contributed by atoms with Crippen molar-refractivity contribution in [2.45, 2.75) is 78.2 Å². The molecule has 7 rings (SSSR count). The van der Waals surface area contributed by atoms with E-state index >= 15 is 0 Å². The quantitative estimate of drug-likeness (QED) is 0.152. The molecule has 1 aliphatic carbocycles. The van der Waals surface area contributed by atoms with Gasteiger partial charge in [-0.1, -0.05) is 133 Å². The second-order valence-electron chi connectivity index (χ2n) is 16.9. The van der Waals surface area contributed by atoms with E-state index in [4.69, 9.17) is 0 Å². The van der Waals surface area contributed by atoms with E-state index in [2.05, 4.69) is 160 Å². The first kappa shape index (κ1) is 41.3. The van der Waals surface area contributed by atoms with E-state index < -0.39 is 0 Å². The van der Waals surface area contributed by atoms with Crippen LogP contribution in [0, 0.1) is 18.8 Å². The van der Waals surface area contributed by atoms with Crippen molar-refractivity contribution in [1.82, 2.24) is 31.1 Å². The van der Waals surface area contributed by atoms with Crippen molar-refractivity contribution in [3.63, 3.8) is 0 Å². The largest absolute Gasteiger partial charge is 0.313 e. The van der Waals surface area contributed by atoms with Crippen LogP contribution in [-0.4, -0.2) is 68.7 Å². The van der Waals surface area contributed by atoms with Gasteiger partial charge in [-0.25, -0.2) is 0 Å². The van der Waals surface area contributed by atoms with Gasteiger partial charge in [-0.05, 0) is 136 Å². The SMILES string of the molecule is Cc1ccc(C(C2=CC=CC(CN3CCCNCc4cccc(c4)CNCCC3)C2C)c2cccc(CN3CCCNCc4cccc(c4)CNCCC3)c2)cc1. The summed E-state index contributed by atoms with van der Waals surface area (Å²) in [5.74, 6) is 1.13. The third kappa shape index (κ3) is 12.6. The van der Waals surface area contributed by atoms with E-state index in [9.17, 15) is 0 Å². The van der Waals surface area contributed by atoms with E-state index in [1.54, 1.807) is 0 Å². The molecule has 0 saturated carbocycles. The van der Waals surface area contributed by atoms with Crippen LogP contribution < -0.4 is 21.3 Å². The Hall–Kier alpha value is -3.88. The summed E-state index contributed by atoms with van der Waals surface area (Å²) in [6, 6.07) is 37.0. The molecule has 4 aromatic carbocycles. The van der Waals surface area contributed by atoms with Gasteiger partial charge >= 0.3 is 0 Å². The topological polar surface area (TPSA) is 54.6 Å². The maximum absolute atomic E-state index is 3.72. The minimum absolute atomic E-state index is 0.224. The molecule has 0 amide bonds. The first-order chi connectivity index (χ1) is 28.1. The fourth-order valence-corrected chi connectivity index (χ4v) is 9.12. The van der Waals surface area contributed by atoms with Crippen molar-refractivity contribution in [1.29, 1.82) is 0 Å². The number of fused-ring (bicyclic) bond motifs is 4. The van der Waals surface area contributed by atoms with Crippen molar-refractivity contribution >= 4 is 0 Å². The average molecular weight is 765 g/mol. The van der Waals surface area contributed by atoms with Crippen molar-refractivity contribution < 1.29 is 0 Å². The Kier molecular flexibility index (Phi) is 15.8. The highest BCUT2D eigenvalue weighted by Crippen LogP contribution is 2.41. The van der Waals surface area contributed by atoms with Crippen LogP contribution in [0.15, 0.2) is 121 Å². The van der Waals surface area contributed by atoms with Crippen LogP contribution in [0.1, 0.15) is 83.0 Å². The lowest BCUT2D eigenvalue weighted by molar-refractivity contribution is 0.220. The summed E-state index contributed by atoms with van der Waals surface area (Å²) in [5.41, 5.74) is 12.6. The third-order valence-electron chi connectivity index (χ3n) is 12.3. The van der Waals surface area contributed by atoms with Crippen LogP contribution in [0.25, 0.3) is 0 Å². The smallest absolute Gasteiger partial charge is 0.0305 e. The zero-order valence-corrected chi connectivity index (χ0v) is 34.8. The second-order valence-corrected chi connectivity index (χ2v) is 16.9. The number of hydrogen-bond acceptors (Lipinski definition) is 6. The van der Waals surface area contributed by atoms with Gasteiger partial charge in [0.25, 0.3) is 0 Å². The molecule has 0 radical (unpaired) electrons. The Morgan fingerprint density at radius 2 is 1.09 bits per heavy atom. The van der Waals surface area contributed by atoms with Crippen LogP contribution in [0.4, 0.5) is 0 Å². The molecule has 0 saturated heterocycles. The number of allylic oxidation sites excluding steroid dienone is 3. The molecule has 0 fully saturated rings. The Labute approximate surface area is 344 Å². The summed E-state index contributed by atoms with van der Waals surface area (Å²) in [7, 11) is 0. The van der Waals surface area contributed by atoms with Crippen molar-refractivity contribution in [2.75, 3.05) is 58.9 Å². The third-order valence-corrected chi connectivity index (χ3v) is 12.3. The molecule has 2 heterocycles. The summed E-state index contributed by atoms with van der Waals surface area (Å²) >= 11 is 0. The summed E-state index contributed by atoms with van der Waals surface area (Å²) < 4.78 is 0. The van der Waals surface area contributed by atoms with Crippen LogP contribution in [-0.2, 0) is 32.7 Å². The van der Waals surface area contributed by atoms with Gasteiger partial charge in [0.15, 0.2) is 0 Å². The number of rotatable bonds is 7. The van der Waals surface area contributed by atoms with Gasteiger partial charge in [0.1, 0.15) is 0 Å². The number of nitrogens with one attached hydrogen (secondary N) is 4. The Balaban J connectivity index is 1.03. The minimum Gasteiger partial charge on any atom is -0.313 e. The Bertz CT molecular complexity index is 1820. The van der Waals surface area contributed by atoms with Gasteiger partial charge in [-0.3, -0.25) is 4.90 Å². The first-order valence-corrected chi connectivity index (χ1v) is 22.0. The van der Waals surface area contributed by atoms with Gasteiger partial charge in [-0.2, -0.15) is 0 Å². The molecule has 4 aromatic rings. The molecule has 6 nitrogen and oxygen atoms in total. The van der Waals surface area contributed by atoms with Crippen molar-refractivity contribution in [3.05, 3.63) is 165 Å². The van der Waals surface area contributed by atoms with Gasteiger partial charge in [-0.15, -0.1) is 0 Å². The standard InChI is InChI=1S/C51H68N6/c1-40-19-21-47(22-20-40)51(48-16-5-15-46(33-48)38-56-27-7-23-52-34-42-11-3-12-43(31-42)35-53-24-8-28-56)50-18-6-17-49(41(50)2)39-57-29-9-25-54-36-44-13-4-14-45(32-44)37-55-26-10-30-57/h3-6,11-22,31-33,41,49,51-55H,7-10,23-30,34-39H2,1-2H3. The van der Waals surface area contributed by atoms with Gasteiger partial charge in [0.05, 0.1) is 0 Å². The van der Waals surface area contributed by atoms with E-state index in [1.807, 2.05) is 0 Å². The average Bonchev–Trinajstić information content (AvgIpc) is 3.22. The van der Waals surface area contributed by atoms with Gasteiger partial charge in [0.2, 0.25) is 0 Å². The molecule has 4 bridgehead atoms. The predicted molar refractivity (Wildman–Crippen MR) is 239 cm³/mol. The zero-order chi connectivity index (χ0) is 39.1. The predicted octanol–water partition coefficient (Wildman–Crippen LogP) is 8.33. The Morgan fingerprint density at radius 1 is 0.579 bits per heavy atom. The molecule has 4 N–H and O–H groups in total. The number of nitrogens with zero attached hydrogens (tertiary/aromatic N) is 2. The van der Waals surface area contributed by atoms with E-state index in [1.165, 1.54) is 50.1 Å².